The summed E-state index contributed by atoms with van der Waals surface area (Å²) in [6, 6.07) is 9.80. The molecule has 0 radical (unpaired) electrons. The molecule has 4 bridgehead atoms. The molecule has 4 aliphatic rings. The van der Waals surface area contributed by atoms with E-state index in [0.29, 0.717) is 6.04 Å². The molecule has 0 heterocycles. The van der Waals surface area contributed by atoms with Gasteiger partial charge in [0.1, 0.15) is 0 Å². The van der Waals surface area contributed by atoms with E-state index < -0.39 is 0 Å². The highest BCUT2D eigenvalue weighted by atomic mass is 14.9. The average molecular weight is 283 g/mol. The third-order valence-electron chi connectivity index (χ3n) is 6.67. The minimum atomic E-state index is 0.682. The zero-order chi connectivity index (χ0) is 14.4. The second-order valence-electron chi connectivity index (χ2n) is 8.10. The van der Waals surface area contributed by atoms with Gasteiger partial charge in [-0.2, -0.15) is 0 Å². The molecule has 1 aromatic carbocycles. The van der Waals surface area contributed by atoms with Gasteiger partial charge < -0.3 is 5.32 Å². The van der Waals surface area contributed by atoms with E-state index in [1.807, 2.05) is 0 Å². The molecule has 1 atom stereocenters. The van der Waals surface area contributed by atoms with Crippen LogP contribution in [0.4, 0.5) is 0 Å². The monoisotopic (exact) mass is 283 g/mol. The van der Waals surface area contributed by atoms with Crippen LogP contribution in [0.1, 0.15) is 43.2 Å². The molecular weight excluding hydrogens is 254 g/mol. The van der Waals surface area contributed by atoms with Gasteiger partial charge in [0.05, 0.1) is 0 Å². The van der Waals surface area contributed by atoms with Gasteiger partial charge in [-0.15, -0.1) is 0 Å². The van der Waals surface area contributed by atoms with Gasteiger partial charge >= 0.3 is 0 Å². The molecule has 0 spiro atoms. The number of aryl methyl sites for hydroxylation is 1. The van der Waals surface area contributed by atoms with Gasteiger partial charge in [0.15, 0.2) is 0 Å². The Kier molecular flexibility index (Phi) is 3.57. The summed E-state index contributed by atoms with van der Waals surface area (Å²) < 4.78 is 0. The second kappa shape index (κ2) is 5.43. The van der Waals surface area contributed by atoms with Crippen molar-refractivity contribution >= 4 is 0 Å². The highest BCUT2D eigenvalue weighted by Gasteiger charge is 2.50. The van der Waals surface area contributed by atoms with Crippen LogP contribution in [0, 0.1) is 36.5 Å². The van der Waals surface area contributed by atoms with Crippen molar-refractivity contribution in [2.75, 3.05) is 7.05 Å². The van der Waals surface area contributed by atoms with Crippen LogP contribution in [0.15, 0.2) is 24.3 Å². The van der Waals surface area contributed by atoms with Gasteiger partial charge in [-0.1, -0.05) is 29.8 Å². The molecule has 0 aromatic heterocycles. The SMILES string of the molecule is CNC(Cc1cccc(C)c1)C1C2CC3CC(C2)CC1C3. The van der Waals surface area contributed by atoms with Crippen LogP contribution in [0.2, 0.25) is 0 Å². The van der Waals surface area contributed by atoms with Crippen molar-refractivity contribution in [1.29, 1.82) is 0 Å². The Morgan fingerprint density at radius 2 is 1.71 bits per heavy atom. The number of benzene rings is 1. The summed E-state index contributed by atoms with van der Waals surface area (Å²) in [5, 5.41) is 3.70. The van der Waals surface area contributed by atoms with Crippen molar-refractivity contribution in [3.8, 4) is 0 Å². The van der Waals surface area contributed by atoms with E-state index >= 15 is 0 Å². The van der Waals surface area contributed by atoms with Gasteiger partial charge in [-0.3, -0.25) is 0 Å². The lowest BCUT2D eigenvalue weighted by atomic mass is 9.50. The summed E-state index contributed by atoms with van der Waals surface area (Å²) in [7, 11) is 2.19. The van der Waals surface area contributed by atoms with E-state index in [0.717, 1.165) is 29.6 Å². The molecule has 0 aliphatic heterocycles. The molecule has 1 N–H and O–H groups in total. The maximum absolute atomic E-state index is 3.70. The van der Waals surface area contributed by atoms with E-state index in [1.165, 1.54) is 43.2 Å². The lowest BCUT2D eigenvalue weighted by molar-refractivity contribution is -0.0507. The lowest BCUT2D eigenvalue weighted by Gasteiger charge is -2.56. The molecule has 4 fully saturated rings. The number of rotatable bonds is 4. The molecule has 1 unspecified atom stereocenters. The average Bonchev–Trinajstić information content (AvgIpc) is 2.45. The van der Waals surface area contributed by atoms with Crippen molar-refractivity contribution in [3.05, 3.63) is 35.4 Å². The smallest absolute Gasteiger partial charge is 0.0138 e. The molecule has 0 saturated heterocycles. The Morgan fingerprint density at radius 3 is 2.29 bits per heavy atom. The van der Waals surface area contributed by atoms with Crippen LogP contribution in [0.3, 0.4) is 0 Å². The number of likely N-dealkylation sites (N-methyl/N-ethyl adjacent to an activating group) is 1. The van der Waals surface area contributed by atoms with E-state index in [9.17, 15) is 0 Å². The van der Waals surface area contributed by atoms with E-state index in [2.05, 4.69) is 43.6 Å². The normalized spacial score (nSPS) is 38.7. The Hall–Kier alpha value is -0.820. The lowest BCUT2D eigenvalue weighted by Crippen LogP contribution is -2.53. The first-order chi connectivity index (χ1) is 10.2. The fraction of sp³-hybridized carbons (Fsp3) is 0.700. The summed E-state index contributed by atoms with van der Waals surface area (Å²) >= 11 is 0. The Morgan fingerprint density at radius 1 is 1.05 bits per heavy atom. The summed E-state index contributed by atoms with van der Waals surface area (Å²) in [4.78, 5) is 0. The fourth-order valence-corrected chi connectivity index (χ4v) is 6.15. The minimum Gasteiger partial charge on any atom is -0.316 e. The molecule has 1 nitrogen and oxygen atoms in total. The quantitative estimate of drug-likeness (QED) is 0.873. The predicted octanol–water partition coefficient (Wildman–Crippen LogP) is 4.20. The Bertz CT molecular complexity index is 478. The van der Waals surface area contributed by atoms with E-state index in [1.54, 1.807) is 6.42 Å². The summed E-state index contributed by atoms with van der Waals surface area (Å²) in [5.74, 6) is 5.13. The molecule has 114 valence electrons. The largest absolute Gasteiger partial charge is 0.316 e. The number of nitrogens with one attached hydrogen (secondary N) is 1. The first-order valence-corrected chi connectivity index (χ1v) is 8.95. The van der Waals surface area contributed by atoms with Crippen LogP contribution >= 0.6 is 0 Å². The maximum atomic E-state index is 3.70. The number of hydrogen-bond acceptors (Lipinski definition) is 1. The van der Waals surface area contributed by atoms with Crippen LogP contribution in [0.25, 0.3) is 0 Å². The van der Waals surface area contributed by atoms with Crippen molar-refractivity contribution in [3.63, 3.8) is 0 Å². The minimum absolute atomic E-state index is 0.682. The third-order valence-corrected chi connectivity index (χ3v) is 6.67. The van der Waals surface area contributed by atoms with Crippen LogP contribution in [-0.2, 0) is 6.42 Å². The summed E-state index contributed by atoms with van der Waals surface area (Å²) in [5.41, 5.74) is 2.91. The summed E-state index contributed by atoms with van der Waals surface area (Å²) in [6.45, 7) is 2.21. The third kappa shape index (κ3) is 2.54. The van der Waals surface area contributed by atoms with Crippen LogP contribution in [-0.4, -0.2) is 13.1 Å². The highest BCUT2D eigenvalue weighted by Crippen LogP contribution is 2.57. The first kappa shape index (κ1) is 13.8. The van der Waals surface area contributed by atoms with Crippen molar-refractivity contribution in [2.24, 2.45) is 29.6 Å². The zero-order valence-electron chi connectivity index (χ0n) is 13.5. The Balaban J connectivity index is 1.53. The molecule has 4 aliphatic carbocycles. The molecule has 0 amide bonds. The van der Waals surface area contributed by atoms with E-state index in [-0.39, 0.29) is 0 Å². The molecular formula is C20H29N. The predicted molar refractivity (Wildman–Crippen MR) is 88.3 cm³/mol. The van der Waals surface area contributed by atoms with Crippen molar-refractivity contribution < 1.29 is 0 Å². The van der Waals surface area contributed by atoms with Crippen LogP contribution in [0.5, 0.6) is 0 Å². The van der Waals surface area contributed by atoms with Gasteiger partial charge in [-0.25, -0.2) is 0 Å². The number of hydrogen-bond donors (Lipinski definition) is 1. The van der Waals surface area contributed by atoms with Gasteiger partial charge in [0.25, 0.3) is 0 Å². The first-order valence-electron chi connectivity index (χ1n) is 8.95. The van der Waals surface area contributed by atoms with Crippen molar-refractivity contribution in [1.82, 2.24) is 5.32 Å². The molecule has 1 aromatic rings. The van der Waals surface area contributed by atoms with E-state index in [4.69, 9.17) is 0 Å². The molecule has 4 saturated carbocycles. The maximum Gasteiger partial charge on any atom is 0.0138 e. The van der Waals surface area contributed by atoms with Gasteiger partial charge in [0, 0.05) is 6.04 Å². The highest BCUT2D eigenvalue weighted by molar-refractivity contribution is 5.23. The van der Waals surface area contributed by atoms with Crippen molar-refractivity contribution in [2.45, 2.75) is 51.5 Å². The van der Waals surface area contributed by atoms with Gasteiger partial charge in [0.2, 0.25) is 0 Å². The van der Waals surface area contributed by atoms with Gasteiger partial charge in [-0.05, 0) is 87.6 Å². The zero-order valence-corrected chi connectivity index (χ0v) is 13.5. The summed E-state index contributed by atoms with van der Waals surface area (Å²) in [6.07, 6.45) is 8.90. The standard InChI is InChI=1S/C20H29N/c1-13-4-3-5-14(6-13)12-19(21-2)20-17-8-15-7-16(10-17)11-18(20)9-15/h3-6,15-21H,7-12H2,1-2H3. The molecule has 21 heavy (non-hydrogen) atoms. The Labute approximate surface area is 129 Å². The molecule has 5 rings (SSSR count). The van der Waals surface area contributed by atoms with Crippen LogP contribution < -0.4 is 5.32 Å². The topological polar surface area (TPSA) is 12.0 Å². The second-order valence-corrected chi connectivity index (χ2v) is 8.10. The molecule has 1 heteroatoms. The fourth-order valence-electron chi connectivity index (χ4n) is 6.15.